The second-order valence-corrected chi connectivity index (χ2v) is 5.77. The van der Waals surface area contributed by atoms with Crippen LogP contribution in [0.25, 0.3) is 0 Å². The first-order valence-electron chi connectivity index (χ1n) is 7.28. The van der Waals surface area contributed by atoms with Crippen LogP contribution in [0.15, 0.2) is 42.5 Å². The lowest BCUT2D eigenvalue weighted by molar-refractivity contribution is 0.464. The maximum Gasteiger partial charge on any atom is 0.115 e. The van der Waals surface area contributed by atoms with Gasteiger partial charge >= 0.3 is 0 Å². The molecule has 2 N–H and O–H groups in total. The fraction of sp³-hybridized carbons (Fsp3) is 0.333. The van der Waals surface area contributed by atoms with Gasteiger partial charge in [0.1, 0.15) is 5.75 Å². The Morgan fingerprint density at radius 1 is 1.15 bits per heavy atom. The van der Waals surface area contributed by atoms with Gasteiger partial charge in [-0.3, -0.25) is 0 Å². The van der Waals surface area contributed by atoms with Crippen molar-refractivity contribution in [3.05, 3.63) is 64.7 Å². The molecule has 2 atom stereocenters. The summed E-state index contributed by atoms with van der Waals surface area (Å²) < 4.78 is 0. The molecule has 0 bridgehead atoms. The summed E-state index contributed by atoms with van der Waals surface area (Å²) >= 11 is 0. The number of benzene rings is 2. The van der Waals surface area contributed by atoms with Crippen molar-refractivity contribution in [2.75, 3.05) is 0 Å². The third-order valence-corrected chi connectivity index (χ3v) is 4.23. The first-order chi connectivity index (χ1) is 9.63. The van der Waals surface area contributed by atoms with Crippen molar-refractivity contribution >= 4 is 0 Å². The minimum atomic E-state index is 0.334. The summed E-state index contributed by atoms with van der Waals surface area (Å²) in [6.07, 6.45) is 2.15. The summed E-state index contributed by atoms with van der Waals surface area (Å²) in [5, 5.41) is 13.3. The Morgan fingerprint density at radius 3 is 2.65 bits per heavy atom. The molecular formula is C18H21NO. The van der Waals surface area contributed by atoms with E-state index in [4.69, 9.17) is 0 Å². The highest BCUT2D eigenvalue weighted by Gasteiger charge is 2.24. The molecule has 0 fully saturated rings. The lowest BCUT2D eigenvalue weighted by Crippen LogP contribution is -2.22. The second kappa shape index (κ2) is 5.29. The van der Waals surface area contributed by atoms with Gasteiger partial charge in [-0.05, 0) is 55.5 Å². The van der Waals surface area contributed by atoms with Crippen LogP contribution < -0.4 is 5.32 Å². The van der Waals surface area contributed by atoms with E-state index < -0.39 is 0 Å². The number of hydrogen-bond acceptors (Lipinski definition) is 2. The molecule has 0 aromatic heterocycles. The van der Waals surface area contributed by atoms with Crippen LogP contribution in [0, 0.1) is 6.92 Å². The van der Waals surface area contributed by atoms with Gasteiger partial charge in [0, 0.05) is 12.1 Å². The topological polar surface area (TPSA) is 32.3 Å². The maximum atomic E-state index is 9.55. The Hall–Kier alpha value is -1.80. The van der Waals surface area contributed by atoms with Crippen LogP contribution in [0.1, 0.15) is 47.7 Å². The summed E-state index contributed by atoms with van der Waals surface area (Å²) in [7, 11) is 0. The SMILES string of the molecule is Cc1ccc([C@@H](C)NC2CCc3cc(O)ccc32)cc1. The lowest BCUT2D eigenvalue weighted by atomic mass is 10.0. The van der Waals surface area contributed by atoms with E-state index in [-0.39, 0.29) is 0 Å². The van der Waals surface area contributed by atoms with Crippen LogP contribution >= 0.6 is 0 Å². The van der Waals surface area contributed by atoms with Gasteiger partial charge < -0.3 is 10.4 Å². The molecule has 104 valence electrons. The molecule has 2 heteroatoms. The van der Waals surface area contributed by atoms with Gasteiger partial charge in [0.25, 0.3) is 0 Å². The van der Waals surface area contributed by atoms with Crippen molar-refractivity contribution in [1.29, 1.82) is 0 Å². The van der Waals surface area contributed by atoms with E-state index in [0.29, 0.717) is 17.8 Å². The third kappa shape index (κ3) is 2.56. The molecule has 0 spiro atoms. The summed E-state index contributed by atoms with van der Waals surface area (Å²) in [6.45, 7) is 4.32. The Labute approximate surface area is 120 Å². The van der Waals surface area contributed by atoms with Gasteiger partial charge in [0.05, 0.1) is 0 Å². The molecule has 0 amide bonds. The highest BCUT2D eigenvalue weighted by molar-refractivity contribution is 5.40. The first-order valence-corrected chi connectivity index (χ1v) is 7.28. The van der Waals surface area contributed by atoms with Gasteiger partial charge in [0.2, 0.25) is 0 Å². The second-order valence-electron chi connectivity index (χ2n) is 5.77. The highest BCUT2D eigenvalue weighted by atomic mass is 16.3. The summed E-state index contributed by atoms with van der Waals surface area (Å²) in [5.74, 6) is 0.371. The maximum absolute atomic E-state index is 9.55. The van der Waals surface area contributed by atoms with Gasteiger partial charge in [-0.1, -0.05) is 35.9 Å². The zero-order valence-electron chi connectivity index (χ0n) is 12.1. The van der Waals surface area contributed by atoms with Crippen LogP contribution in [0.2, 0.25) is 0 Å². The standard InChI is InChI=1S/C18H21NO/c1-12-3-5-14(6-4-12)13(2)19-18-10-7-15-11-16(20)8-9-17(15)18/h3-6,8-9,11,13,18-20H,7,10H2,1-2H3/t13-,18?/m1/s1. The molecule has 1 aliphatic carbocycles. The normalized spacial score (nSPS) is 18.8. The van der Waals surface area contributed by atoms with Gasteiger partial charge in [-0.25, -0.2) is 0 Å². The number of phenols is 1. The quantitative estimate of drug-likeness (QED) is 0.879. The van der Waals surface area contributed by atoms with Crippen LogP contribution in [0.4, 0.5) is 0 Å². The molecule has 0 saturated heterocycles. The molecular weight excluding hydrogens is 246 g/mol. The Balaban J connectivity index is 1.75. The van der Waals surface area contributed by atoms with Crippen LogP contribution in [0.5, 0.6) is 5.75 Å². The van der Waals surface area contributed by atoms with E-state index >= 15 is 0 Å². The minimum absolute atomic E-state index is 0.334. The monoisotopic (exact) mass is 267 g/mol. The average Bonchev–Trinajstić information content (AvgIpc) is 2.81. The summed E-state index contributed by atoms with van der Waals surface area (Å²) in [4.78, 5) is 0. The fourth-order valence-corrected chi connectivity index (χ4v) is 3.03. The number of aryl methyl sites for hydroxylation is 2. The molecule has 0 radical (unpaired) electrons. The van der Waals surface area contributed by atoms with E-state index in [1.807, 2.05) is 6.07 Å². The number of phenolic OH excluding ortho intramolecular Hbond substituents is 1. The predicted octanol–water partition coefficient (Wildman–Crippen LogP) is 4.04. The Kier molecular flexibility index (Phi) is 3.49. The van der Waals surface area contributed by atoms with E-state index in [1.54, 1.807) is 6.07 Å². The predicted molar refractivity (Wildman–Crippen MR) is 81.9 cm³/mol. The fourth-order valence-electron chi connectivity index (χ4n) is 3.03. The van der Waals surface area contributed by atoms with Crippen LogP contribution in [0.3, 0.4) is 0 Å². The first kappa shape index (κ1) is 13.2. The molecule has 2 aromatic carbocycles. The molecule has 20 heavy (non-hydrogen) atoms. The highest BCUT2D eigenvalue weighted by Crippen LogP contribution is 2.34. The Bertz CT molecular complexity index is 603. The smallest absolute Gasteiger partial charge is 0.115 e. The number of aromatic hydroxyl groups is 1. The molecule has 0 aliphatic heterocycles. The minimum Gasteiger partial charge on any atom is -0.508 e. The van der Waals surface area contributed by atoms with E-state index in [9.17, 15) is 5.11 Å². The number of rotatable bonds is 3. The Morgan fingerprint density at radius 2 is 1.90 bits per heavy atom. The number of nitrogens with one attached hydrogen (secondary N) is 1. The molecule has 1 aliphatic rings. The largest absolute Gasteiger partial charge is 0.508 e. The summed E-state index contributed by atoms with van der Waals surface area (Å²) in [6, 6.07) is 15.2. The van der Waals surface area contributed by atoms with Crippen molar-refractivity contribution in [1.82, 2.24) is 5.32 Å². The zero-order valence-corrected chi connectivity index (χ0v) is 12.1. The number of hydrogen-bond donors (Lipinski definition) is 2. The molecule has 0 heterocycles. The van der Waals surface area contributed by atoms with Crippen molar-refractivity contribution < 1.29 is 5.11 Å². The molecule has 3 rings (SSSR count). The van der Waals surface area contributed by atoms with E-state index in [2.05, 4.69) is 49.5 Å². The lowest BCUT2D eigenvalue weighted by Gasteiger charge is -2.21. The van der Waals surface area contributed by atoms with Gasteiger partial charge in [-0.2, -0.15) is 0 Å². The van der Waals surface area contributed by atoms with E-state index in [0.717, 1.165) is 12.8 Å². The summed E-state index contributed by atoms with van der Waals surface area (Å²) in [5.41, 5.74) is 5.23. The third-order valence-electron chi connectivity index (χ3n) is 4.23. The zero-order chi connectivity index (χ0) is 14.1. The molecule has 2 aromatic rings. The van der Waals surface area contributed by atoms with Gasteiger partial charge in [-0.15, -0.1) is 0 Å². The van der Waals surface area contributed by atoms with Gasteiger partial charge in [0.15, 0.2) is 0 Å². The van der Waals surface area contributed by atoms with E-state index in [1.165, 1.54) is 22.3 Å². The molecule has 0 saturated carbocycles. The average molecular weight is 267 g/mol. The van der Waals surface area contributed by atoms with Crippen molar-refractivity contribution in [3.8, 4) is 5.75 Å². The van der Waals surface area contributed by atoms with Crippen LogP contribution in [-0.4, -0.2) is 5.11 Å². The molecule has 1 unspecified atom stereocenters. The van der Waals surface area contributed by atoms with Crippen molar-refractivity contribution in [3.63, 3.8) is 0 Å². The van der Waals surface area contributed by atoms with Crippen molar-refractivity contribution in [2.24, 2.45) is 0 Å². The molecule has 2 nitrogen and oxygen atoms in total. The van der Waals surface area contributed by atoms with Crippen molar-refractivity contribution in [2.45, 2.75) is 38.8 Å². The van der Waals surface area contributed by atoms with Crippen LogP contribution in [-0.2, 0) is 6.42 Å². The number of fused-ring (bicyclic) bond motifs is 1.